The predicted molar refractivity (Wildman–Crippen MR) is 115 cm³/mol. The Hall–Kier alpha value is -2.48. The van der Waals surface area contributed by atoms with Crippen molar-refractivity contribution in [1.82, 2.24) is 10.2 Å². The second kappa shape index (κ2) is 9.12. The van der Waals surface area contributed by atoms with Crippen molar-refractivity contribution in [2.75, 3.05) is 20.2 Å². The Labute approximate surface area is 184 Å². The van der Waals surface area contributed by atoms with Crippen molar-refractivity contribution in [3.63, 3.8) is 0 Å². The molecule has 1 aliphatic heterocycles. The van der Waals surface area contributed by atoms with Gasteiger partial charge in [-0.25, -0.2) is 0 Å². The summed E-state index contributed by atoms with van der Waals surface area (Å²) >= 11 is 12.4. The first-order valence-electron chi connectivity index (χ1n) is 9.50. The van der Waals surface area contributed by atoms with Gasteiger partial charge in [0.1, 0.15) is 5.02 Å². The summed E-state index contributed by atoms with van der Waals surface area (Å²) in [6.45, 7) is 0.855. The third kappa shape index (κ3) is 4.33. The van der Waals surface area contributed by atoms with Crippen LogP contribution in [0.25, 0.3) is 0 Å². The van der Waals surface area contributed by atoms with E-state index in [-0.39, 0.29) is 27.3 Å². The van der Waals surface area contributed by atoms with Crippen LogP contribution < -0.4 is 15.8 Å². The molecule has 2 amide bonds. The number of hydrogen-bond acceptors (Lipinski definition) is 5. The first-order chi connectivity index (χ1) is 14.3. The zero-order chi connectivity index (χ0) is 21.9. The molecular weight excluding hydrogens is 429 g/mol. The highest BCUT2D eigenvalue weighted by molar-refractivity contribution is 6.39. The summed E-state index contributed by atoms with van der Waals surface area (Å²) in [7, 11) is 1.60. The zero-order valence-corrected chi connectivity index (χ0v) is 18.0. The van der Waals surface area contributed by atoms with E-state index in [0.717, 1.165) is 12.0 Å². The van der Waals surface area contributed by atoms with Crippen molar-refractivity contribution in [3.8, 4) is 11.5 Å². The van der Waals surface area contributed by atoms with Crippen molar-refractivity contribution in [3.05, 3.63) is 57.6 Å². The number of nitrogens with one attached hydrogen (secondary N) is 1. The number of ether oxygens (including phenoxy) is 1. The van der Waals surface area contributed by atoms with E-state index in [1.54, 1.807) is 7.05 Å². The average Bonchev–Trinajstić information content (AvgIpc) is 3.22. The monoisotopic (exact) mass is 451 g/mol. The quantitative estimate of drug-likeness (QED) is 0.401. The molecule has 0 bridgehead atoms. The number of nitrogens with zero attached hydrogens (tertiary/aromatic N) is 1. The second-order valence-corrected chi connectivity index (χ2v) is 7.87. The summed E-state index contributed by atoms with van der Waals surface area (Å²) in [5.74, 6) is -1.25. The normalized spacial score (nSPS) is 17.7. The standard InChI is InChI=1S/C21H23Cl2N3O4/c1-26-20(29)21(26,12-13-7-3-2-4-8-13)25-19(28)14-11-15(22)18(16(23)17(14)27)30-10-6-5-9-24/h2-4,7-8,11,27H,5-6,9-10,12,24H2,1H3,(H,25,28). The number of rotatable bonds is 9. The van der Waals surface area contributed by atoms with Crippen LogP contribution in [-0.4, -0.2) is 47.7 Å². The van der Waals surface area contributed by atoms with Gasteiger partial charge in [-0.05, 0) is 31.0 Å². The molecule has 1 aliphatic rings. The van der Waals surface area contributed by atoms with E-state index < -0.39 is 17.3 Å². The van der Waals surface area contributed by atoms with Crippen LogP contribution in [0.3, 0.4) is 0 Å². The lowest BCUT2D eigenvalue weighted by molar-refractivity contribution is -0.114. The van der Waals surface area contributed by atoms with Gasteiger partial charge in [0.2, 0.25) is 5.66 Å². The molecule has 0 radical (unpaired) electrons. The van der Waals surface area contributed by atoms with Crippen LogP contribution in [0.2, 0.25) is 10.0 Å². The SMILES string of the molecule is CN1C(=O)C1(Cc1ccccc1)NC(=O)c1cc(Cl)c(OCCCCN)c(Cl)c1O. The summed E-state index contributed by atoms with van der Waals surface area (Å²) in [5, 5.41) is 13.1. The molecule has 9 heteroatoms. The number of hydrogen-bond donors (Lipinski definition) is 3. The molecule has 3 rings (SSSR count). The lowest BCUT2D eigenvalue weighted by Crippen LogP contribution is -2.43. The van der Waals surface area contributed by atoms with Gasteiger partial charge in [0.05, 0.1) is 17.2 Å². The first-order valence-corrected chi connectivity index (χ1v) is 10.3. The average molecular weight is 452 g/mol. The minimum Gasteiger partial charge on any atom is -0.505 e. The van der Waals surface area contributed by atoms with E-state index >= 15 is 0 Å². The minimum atomic E-state index is -1.18. The lowest BCUT2D eigenvalue weighted by Gasteiger charge is -2.18. The zero-order valence-electron chi connectivity index (χ0n) is 16.5. The highest BCUT2D eigenvalue weighted by Gasteiger charge is 2.61. The molecule has 4 N–H and O–H groups in total. The highest BCUT2D eigenvalue weighted by Crippen LogP contribution is 2.42. The van der Waals surface area contributed by atoms with Crippen LogP contribution in [0.1, 0.15) is 28.8 Å². The van der Waals surface area contributed by atoms with Gasteiger partial charge in [-0.2, -0.15) is 0 Å². The molecule has 1 atom stereocenters. The van der Waals surface area contributed by atoms with Gasteiger partial charge >= 0.3 is 0 Å². The van der Waals surface area contributed by atoms with Gasteiger partial charge < -0.3 is 25.8 Å². The number of aromatic hydroxyl groups is 1. The smallest absolute Gasteiger partial charge is 0.271 e. The predicted octanol–water partition coefficient (Wildman–Crippen LogP) is 2.96. The fraction of sp³-hybridized carbons (Fsp3) is 0.333. The molecule has 0 saturated carbocycles. The Morgan fingerprint density at radius 2 is 1.93 bits per heavy atom. The molecule has 1 unspecified atom stereocenters. The van der Waals surface area contributed by atoms with E-state index in [4.69, 9.17) is 33.7 Å². The second-order valence-electron chi connectivity index (χ2n) is 7.08. The summed E-state index contributed by atoms with van der Waals surface area (Å²) < 4.78 is 5.54. The van der Waals surface area contributed by atoms with Crippen LogP contribution in [0.15, 0.2) is 36.4 Å². The topological polar surface area (TPSA) is 105 Å². The van der Waals surface area contributed by atoms with E-state index in [2.05, 4.69) is 5.32 Å². The summed E-state index contributed by atoms with van der Waals surface area (Å²) in [6, 6.07) is 10.6. The highest BCUT2D eigenvalue weighted by atomic mass is 35.5. The fourth-order valence-electron chi connectivity index (χ4n) is 3.22. The van der Waals surface area contributed by atoms with Crippen molar-refractivity contribution < 1.29 is 19.4 Å². The third-order valence-corrected chi connectivity index (χ3v) is 5.68. The van der Waals surface area contributed by atoms with Crippen LogP contribution in [0.5, 0.6) is 11.5 Å². The van der Waals surface area contributed by atoms with Crippen LogP contribution in [-0.2, 0) is 11.2 Å². The van der Waals surface area contributed by atoms with Gasteiger partial charge in [-0.3, -0.25) is 9.59 Å². The largest absolute Gasteiger partial charge is 0.505 e. The van der Waals surface area contributed by atoms with Crippen molar-refractivity contribution in [1.29, 1.82) is 0 Å². The summed E-state index contributed by atoms with van der Waals surface area (Å²) in [5.41, 5.74) is 5.02. The first kappa shape index (κ1) is 22.2. The Morgan fingerprint density at radius 3 is 2.53 bits per heavy atom. The number of amides is 2. The van der Waals surface area contributed by atoms with Crippen molar-refractivity contribution in [2.45, 2.75) is 24.9 Å². The van der Waals surface area contributed by atoms with E-state index in [0.29, 0.717) is 26.0 Å². The number of phenols is 1. The Kier molecular flexibility index (Phi) is 6.75. The van der Waals surface area contributed by atoms with Gasteiger partial charge in [-0.15, -0.1) is 0 Å². The number of carbonyl (C=O) groups excluding carboxylic acids is 2. The molecule has 1 saturated heterocycles. The third-order valence-electron chi connectivity index (χ3n) is 5.04. The molecular formula is C21H23Cl2N3O4. The van der Waals surface area contributed by atoms with Crippen LogP contribution in [0.4, 0.5) is 0 Å². The molecule has 1 heterocycles. The number of benzene rings is 2. The maximum absolute atomic E-state index is 12.9. The van der Waals surface area contributed by atoms with Crippen LogP contribution in [0, 0.1) is 0 Å². The molecule has 2 aromatic carbocycles. The lowest BCUT2D eigenvalue weighted by atomic mass is 10.0. The van der Waals surface area contributed by atoms with Crippen molar-refractivity contribution in [2.24, 2.45) is 5.73 Å². The van der Waals surface area contributed by atoms with Crippen molar-refractivity contribution >= 4 is 35.0 Å². The van der Waals surface area contributed by atoms with Gasteiger partial charge in [0.25, 0.3) is 11.8 Å². The number of phenolic OH excluding ortho intramolecular Hbond substituents is 1. The van der Waals surface area contributed by atoms with Gasteiger partial charge in [0, 0.05) is 13.5 Å². The Bertz CT molecular complexity index is 955. The van der Waals surface area contributed by atoms with Crippen LogP contribution >= 0.6 is 23.2 Å². The molecule has 1 fully saturated rings. The molecule has 30 heavy (non-hydrogen) atoms. The number of carbonyl (C=O) groups is 2. The van der Waals surface area contributed by atoms with Gasteiger partial charge in [0.15, 0.2) is 11.5 Å². The molecule has 0 aliphatic carbocycles. The number of likely N-dealkylation sites (N-methyl/N-ethyl adjacent to an activating group) is 1. The molecule has 0 spiro atoms. The number of unbranched alkanes of at least 4 members (excludes halogenated alkanes) is 1. The molecule has 2 aromatic rings. The molecule has 7 nitrogen and oxygen atoms in total. The number of halogens is 2. The van der Waals surface area contributed by atoms with E-state index in [1.807, 2.05) is 30.3 Å². The fourth-order valence-corrected chi connectivity index (χ4v) is 3.78. The van der Waals surface area contributed by atoms with E-state index in [1.165, 1.54) is 11.0 Å². The van der Waals surface area contributed by atoms with E-state index in [9.17, 15) is 14.7 Å². The maximum atomic E-state index is 12.9. The maximum Gasteiger partial charge on any atom is 0.271 e. The molecule has 0 aromatic heterocycles. The molecule has 160 valence electrons. The summed E-state index contributed by atoms with van der Waals surface area (Å²) in [6.07, 6.45) is 1.76. The Balaban J connectivity index is 1.80. The minimum absolute atomic E-state index is 0.0864. The Morgan fingerprint density at radius 1 is 1.27 bits per heavy atom. The number of nitrogens with two attached hydrogens (primary N) is 1. The van der Waals surface area contributed by atoms with Gasteiger partial charge in [-0.1, -0.05) is 53.5 Å². The summed E-state index contributed by atoms with van der Waals surface area (Å²) in [4.78, 5) is 26.7.